The standard InChI is InChI=1S/C14H16N2O/c1-5-6-16-13-8-10(3)9(2)7-12(13)15-11(4)14(16)17/h1,7-8,11,15H,6H2,2-4H3. The van der Waals surface area contributed by atoms with Crippen molar-refractivity contribution in [1.29, 1.82) is 0 Å². The van der Waals surface area contributed by atoms with E-state index in [0.717, 1.165) is 16.9 Å². The van der Waals surface area contributed by atoms with Crippen molar-refractivity contribution in [2.45, 2.75) is 26.8 Å². The summed E-state index contributed by atoms with van der Waals surface area (Å²) in [5, 5.41) is 3.21. The van der Waals surface area contributed by atoms with E-state index >= 15 is 0 Å². The van der Waals surface area contributed by atoms with Gasteiger partial charge in [0.2, 0.25) is 5.91 Å². The minimum absolute atomic E-state index is 0.0266. The molecule has 2 rings (SSSR count). The predicted molar refractivity (Wildman–Crippen MR) is 70.2 cm³/mol. The maximum atomic E-state index is 12.0. The van der Waals surface area contributed by atoms with Crippen LogP contribution in [0, 0.1) is 26.2 Å². The molecule has 1 aromatic carbocycles. The van der Waals surface area contributed by atoms with Gasteiger partial charge in [-0.2, -0.15) is 0 Å². The molecule has 1 atom stereocenters. The van der Waals surface area contributed by atoms with E-state index in [9.17, 15) is 4.79 Å². The number of terminal acetylenes is 1. The second kappa shape index (κ2) is 4.14. The fraction of sp³-hybridized carbons (Fsp3) is 0.357. The Labute approximate surface area is 102 Å². The van der Waals surface area contributed by atoms with Gasteiger partial charge >= 0.3 is 0 Å². The zero-order chi connectivity index (χ0) is 12.6. The molecule has 88 valence electrons. The van der Waals surface area contributed by atoms with Gasteiger partial charge in [0, 0.05) is 0 Å². The second-order valence-electron chi connectivity index (χ2n) is 4.45. The summed E-state index contributed by atoms with van der Waals surface area (Å²) in [5.41, 5.74) is 4.23. The van der Waals surface area contributed by atoms with E-state index in [-0.39, 0.29) is 11.9 Å². The number of nitrogens with zero attached hydrogens (tertiary/aromatic N) is 1. The highest BCUT2D eigenvalue weighted by Gasteiger charge is 2.29. The average molecular weight is 228 g/mol. The lowest BCUT2D eigenvalue weighted by molar-refractivity contribution is -0.119. The molecule has 0 fully saturated rings. The summed E-state index contributed by atoms with van der Waals surface area (Å²) in [7, 11) is 0. The largest absolute Gasteiger partial charge is 0.372 e. The highest BCUT2D eigenvalue weighted by Crippen LogP contribution is 2.33. The Kier molecular flexibility index (Phi) is 2.81. The molecular weight excluding hydrogens is 212 g/mol. The number of benzene rings is 1. The molecule has 1 heterocycles. The molecule has 0 aliphatic carbocycles. The third kappa shape index (κ3) is 1.87. The highest BCUT2D eigenvalue weighted by atomic mass is 16.2. The fourth-order valence-electron chi connectivity index (χ4n) is 2.04. The number of hydrogen-bond acceptors (Lipinski definition) is 2. The van der Waals surface area contributed by atoms with Crippen molar-refractivity contribution in [2.24, 2.45) is 0 Å². The topological polar surface area (TPSA) is 32.3 Å². The summed E-state index contributed by atoms with van der Waals surface area (Å²) >= 11 is 0. The zero-order valence-corrected chi connectivity index (χ0v) is 10.4. The normalized spacial score (nSPS) is 18.4. The van der Waals surface area contributed by atoms with E-state index in [4.69, 9.17) is 6.42 Å². The Balaban J connectivity index is 2.54. The van der Waals surface area contributed by atoms with Crippen molar-refractivity contribution in [3.63, 3.8) is 0 Å². The van der Waals surface area contributed by atoms with Gasteiger partial charge in [-0.05, 0) is 44.0 Å². The van der Waals surface area contributed by atoms with Gasteiger partial charge in [-0.15, -0.1) is 6.42 Å². The highest BCUT2D eigenvalue weighted by molar-refractivity contribution is 6.05. The van der Waals surface area contributed by atoms with E-state index in [1.807, 2.05) is 19.9 Å². The molecule has 0 saturated carbocycles. The molecule has 1 aromatic rings. The molecule has 0 aromatic heterocycles. The number of anilines is 2. The maximum absolute atomic E-state index is 12.0. The number of hydrogen-bond donors (Lipinski definition) is 1. The third-order valence-corrected chi connectivity index (χ3v) is 3.16. The van der Waals surface area contributed by atoms with Gasteiger partial charge < -0.3 is 5.32 Å². The van der Waals surface area contributed by atoms with Crippen LogP contribution in [-0.2, 0) is 4.79 Å². The summed E-state index contributed by atoms with van der Waals surface area (Å²) in [6.45, 7) is 6.26. The molecule has 0 spiro atoms. The van der Waals surface area contributed by atoms with Gasteiger partial charge in [0.25, 0.3) is 0 Å². The summed E-state index contributed by atoms with van der Waals surface area (Å²) in [4.78, 5) is 13.7. The van der Waals surface area contributed by atoms with Crippen LogP contribution in [0.4, 0.5) is 11.4 Å². The van der Waals surface area contributed by atoms with Gasteiger partial charge in [-0.3, -0.25) is 9.69 Å². The number of fused-ring (bicyclic) bond motifs is 1. The summed E-state index contributed by atoms with van der Waals surface area (Å²) < 4.78 is 0. The first-order valence-electron chi connectivity index (χ1n) is 5.67. The molecule has 0 radical (unpaired) electrons. The molecule has 1 amide bonds. The first kappa shape index (κ1) is 11.5. The number of nitrogens with one attached hydrogen (secondary N) is 1. The molecule has 17 heavy (non-hydrogen) atoms. The molecule has 1 unspecified atom stereocenters. The minimum Gasteiger partial charge on any atom is -0.372 e. The Morgan fingerprint density at radius 1 is 1.41 bits per heavy atom. The number of carbonyl (C=O) groups is 1. The predicted octanol–water partition coefficient (Wildman–Crippen LogP) is 2.08. The first-order chi connectivity index (χ1) is 8.04. The van der Waals surface area contributed by atoms with Crippen molar-refractivity contribution >= 4 is 17.3 Å². The van der Waals surface area contributed by atoms with Gasteiger partial charge in [-0.1, -0.05) is 5.92 Å². The molecular formula is C14H16N2O. The number of amides is 1. The minimum atomic E-state index is -0.224. The van der Waals surface area contributed by atoms with Crippen LogP contribution in [-0.4, -0.2) is 18.5 Å². The summed E-state index contributed by atoms with van der Waals surface area (Å²) in [6, 6.07) is 3.86. The van der Waals surface area contributed by atoms with Gasteiger partial charge in [0.1, 0.15) is 6.04 Å². The molecule has 3 nitrogen and oxygen atoms in total. The lowest BCUT2D eigenvalue weighted by atomic mass is 10.0. The number of aryl methyl sites for hydroxylation is 2. The van der Waals surface area contributed by atoms with E-state index in [0.29, 0.717) is 6.54 Å². The van der Waals surface area contributed by atoms with Crippen LogP contribution in [0.1, 0.15) is 18.1 Å². The van der Waals surface area contributed by atoms with Crippen LogP contribution >= 0.6 is 0 Å². The molecule has 0 saturated heterocycles. The summed E-state index contributed by atoms with van der Waals surface area (Å²) in [6.07, 6.45) is 5.33. The monoisotopic (exact) mass is 228 g/mol. The Hall–Kier alpha value is -1.95. The number of rotatable bonds is 1. The van der Waals surface area contributed by atoms with Crippen LogP contribution in [0.15, 0.2) is 12.1 Å². The Morgan fingerprint density at radius 2 is 2.06 bits per heavy atom. The molecule has 3 heteroatoms. The van der Waals surface area contributed by atoms with E-state index in [1.165, 1.54) is 5.56 Å². The first-order valence-corrected chi connectivity index (χ1v) is 5.67. The van der Waals surface area contributed by atoms with Gasteiger partial charge in [0.05, 0.1) is 17.9 Å². The van der Waals surface area contributed by atoms with Crippen LogP contribution in [0.3, 0.4) is 0 Å². The van der Waals surface area contributed by atoms with Crippen molar-refractivity contribution in [3.05, 3.63) is 23.3 Å². The van der Waals surface area contributed by atoms with Crippen LogP contribution in [0.25, 0.3) is 0 Å². The zero-order valence-electron chi connectivity index (χ0n) is 10.4. The Morgan fingerprint density at radius 3 is 2.71 bits per heavy atom. The van der Waals surface area contributed by atoms with Crippen molar-refractivity contribution in [2.75, 3.05) is 16.8 Å². The van der Waals surface area contributed by atoms with Crippen molar-refractivity contribution in [1.82, 2.24) is 0 Å². The third-order valence-electron chi connectivity index (χ3n) is 3.16. The molecule has 1 aliphatic heterocycles. The van der Waals surface area contributed by atoms with E-state index < -0.39 is 0 Å². The smallest absolute Gasteiger partial charge is 0.250 e. The average Bonchev–Trinajstić information content (AvgIpc) is 2.28. The maximum Gasteiger partial charge on any atom is 0.250 e. The lowest BCUT2D eigenvalue weighted by Gasteiger charge is -2.33. The van der Waals surface area contributed by atoms with E-state index in [1.54, 1.807) is 4.90 Å². The SMILES string of the molecule is C#CCN1C(=O)C(C)Nc2cc(C)c(C)cc21. The van der Waals surface area contributed by atoms with Crippen molar-refractivity contribution in [3.8, 4) is 12.3 Å². The molecule has 1 aliphatic rings. The Bertz CT molecular complexity index is 514. The van der Waals surface area contributed by atoms with Crippen molar-refractivity contribution < 1.29 is 4.79 Å². The van der Waals surface area contributed by atoms with Gasteiger partial charge in [0.15, 0.2) is 0 Å². The van der Waals surface area contributed by atoms with Crippen LogP contribution in [0.2, 0.25) is 0 Å². The number of carbonyl (C=O) groups excluding carboxylic acids is 1. The van der Waals surface area contributed by atoms with E-state index in [2.05, 4.69) is 24.2 Å². The quantitative estimate of drug-likeness (QED) is 0.746. The van der Waals surface area contributed by atoms with Gasteiger partial charge in [-0.25, -0.2) is 0 Å². The van der Waals surface area contributed by atoms with Crippen LogP contribution < -0.4 is 10.2 Å². The summed E-state index contributed by atoms with van der Waals surface area (Å²) in [5.74, 6) is 2.57. The second-order valence-corrected chi connectivity index (χ2v) is 4.45. The van der Waals surface area contributed by atoms with Crippen LogP contribution in [0.5, 0.6) is 0 Å². The lowest BCUT2D eigenvalue weighted by Crippen LogP contribution is -2.45. The fourth-order valence-corrected chi connectivity index (χ4v) is 2.04. The molecule has 1 N–H and O–H groups in total. The molecule has 0 bridgehead atoms.